The predicted molar refractivity (Wildman–Crippen MR) is 50.9 cm³/mol. The fraction of sp³-hybridized carbons (Fsp3) is 0.200. The van der Waals surface area contributed by atoms with Crippen molar-refractivity contribution in [1.29, 1.82) is 0 Å². The van der Waals surface area contributed by atoms with Crippen molar-refractivity contribution < 1.29 is 0 Å². The second kappa shape index (κ2) is 3.59. The highest BCUT2D eigenvalue weighted by molar-refractivity contribution is 6.32. The smallest absolute Gasteiger partial charge is 0.0480 e. The fourth-order valence-electron chi connectivity index (χ4n) is 1.12. The number of benzene rings is 1. The molecule has 0 amide bonds. The van der Waals surface area contributed by atoms with Crippen LogP contribution in [0.2, 0.25) is 5.02 Å². The molecular formula is C10H11Cl. The van der Waals surface area contributed by atoms with Crippen LogP contribution in [-0.2, 0) is 6.42 Å². The summed E-state index contributed by atoms with van der Waals surface area (Å²) in [6.07, 6.45) is 2.81. The lowest BCUT2D eigenvalue weighted by Crippen LogP contribution is -1.85. The van der Waals surface area contributed by atoms with Crippen LogP contribution in [0, 0.1) is 0 Å². The molecule has 0 aliphatic heterocycles. The van der Waals surface area contributed by atoms with Crippen molar-refractivity contribution in [2.24, 2.45) is 0 Å². The first-order valence-corrected chi connectivity index (χ1v) is 4.07. The van der Waals surface area contributed by atoms with Crippen molar-refractivity contribution in [3.63, 3.8) is 0 Å². The summed E-state index contributed by atoms with van der Waals surface area (Å²) in [6, 6.07) is 5.93. The maximum Gasteiger partial charge on any atom is 0.0480 e. The standard InChI is InChI=1S/C10H11Cl/c1-3-8-6-5-7-10(11)9(8)4-2/h4-7H,2-3H2,1H3. The Kier molecular flexibility index (Phi) is 2.72. The van der Waals surface area contributed by atoms with Gasteiger partial charge >= 0.3 is 0 Å². The molecule has 0 aliphatic rings. The summed E-state index contributed by atoms with van der Waals surface area (Å²) >= 11 is 5.94. The zero-order chi connectivity index (χ0) is 8.27. The van der Waals surface area contributed by atoms with E-state index in [0.29, 0.717) is 0 Å². The SMILES string of the molecule is C=Cc1c(Cl)cccc1CC. The topological polar surface area (TPSA) is 0 Å². The predicted octanol–water partition coefficient (Wildman–Crippen LogP) is 3.55. The van der Waals surface area contributed by atoms with E-state index in [1.54, 1.807) is 6.08 Å². The van der Waals surface area contributed by atoms with Gasteiger partial charge in [0.15, 0.2) is 0 Å². The van der Waals surface area contributed by atoms with E-state index >= 15 is 0 Å². The molecule has 58 valence electrons. The summed E-state index contributed by atoms with van der Waals surface area (Å²) in [7, 11) is 0. The zero-order valence-electron chi connectivity index (χ0n) is 6.60. The summed E-state index contributed by atoms with van der Waals surface area (Å²) < 4.78 is 0. The molecule has 0 saturated heterocycles. The van der Waals surface area contributed by atoms with E-state index in [1.165, 1.54) is 5.56 Å². The van der Waals surface area contributed by atoms with E-state index in [0.717, 1.165) is 17.0 Å². The van der Waals surface area contributed by atoms with Crippen LogP contribution in [0.3, 0.4) is 0 Å². The van der Waals surface area contributed by atoms with Gasteiger partial charge in [0, 0.05) is 5.02 Å². The monoisotopic (exact) mass is 166 g/mol. The quantitative estimate of drug-likeness (QED) is 0.631. The van der Waals surface area contributed by atoms with Crippen LogP contribution < -0.4 is 0 Å². The van der Waals surface area contributed by atoms with E-state index in [1.807, 2.05) is 12.1 Å². The molecule has 1 aromatic rings. The maximum absolute atomic E-state index is 5.94. The van der Waals surface area contributed by atoms with E-state index in [9.17, 15) is 0 Å². The number of aryl methyl sites for hydroxylation is 1. The summed E-state index contributed by atoms with van der Waals surface area (Å²) in [4.78, 5) is 0. The normalized spacial score (nSPS) is 9.64. The molecule has 0 radical (unpaired) electrons. The van der Waals surface area contributed by atoms with Crippen LogP contribution in [0.25, 0.3) is 6.08 Å². The average Bonchev–Trinajstić information content (AvgIpc) is 2.04. The third-order valence-electron chi connectivity index (χ3n) is 1.73. The van der Waals surface area contributed by atoms with Crippen molar-refractivity contribution in [3.05, 3.63) is 40.9 Å². The molecule has 1 aromatic carbocycles. The van der Waals surface area contributed by atoms with Gasteiger partial charge in [0.25, 0.3) is 0 Å². The highest BCUT2D eigenvalue weighted by atomic mass is 35.5. The molecule has 1 heteroatoms. The van der Waals surface area contributed by atoms with Crippen LogP contribution in [0.5, 0.6) is 0 Å². The van der Waals surface area contributed by atoms with Gasteiger partial charge in [-0.2, -0.15) is 0 Å². The first-order valence-electron chi connectivity index (χ1n) is 3.69. The molecule has 0 unspecified atom stereocenters. The Labute approximate surface area is 72.5 Å². The van der Waals surface area contributed by atoms with Gasteiger partial charge in [0.1, 0.15) is 0 Å². The molecule has 0 N–H and O–H groups in total. The van der Waals surface area contributed by atoms with Crippen LogP contribution in [-0.4, -0.2) is 0 Å². The highest BCUT2D eigenvalue weighted by Gasteiger charge is 1.99. The Morgan fingerprint density at radius 2 is 2.27 bits per heavy atom. The van der Waals surface area contributed by atoms with Gasteiger partial charge in [0.2, 0.25) is 0 Å². The van der Waals surface area contributed by atoms with Crippen molar-refractivity contribution >= 4 is 17.7 Å². The molecule has 0 aromatic heterocycles. The summed E-state index contributed by atoms with van der Waals surface area (Å²) in [5.74, 6) is 0. The minimum Gasteiger partial charge on any atom is -0.0984 e. The maximum atomic E-state index is 5.94. The van der Waals surface area contributed by atoms with Crippen LogP contribution in [0.15, 0.2) is 24.8 Å². The average molecular weight is 167 g/mol. The molecular weight excluding hydrogens is 156 g/mol. The minimum absolute atomic E-state index is 0.791. The molecule has 0 nitrogen and oxygen atoms in total. The van der Waals surface area contributed by atoms with Crippen LogP contribution in [0.4, 0.5) is 0 Å². The lowest BCUT2D eigenvalue weighted by molar-refractivity contribution is 1.13. The van der Waals surface area contributed by atoms with Crippen molar-refractivity contribution in [2.45, 2.75) is 13.3 Å². The Bertz CT molecular complexity index is 264. The summed E-state index contributed by atoms with van der Waals surface area (Å²) in [5, 5.41) is 0.791. The first kappa shape index (κ1) is 8.35. The number of rotatable bonds is 2. The molecule has 11 heavy (non-hydrogen) atoms. The first-order chi connectivity index (χ1) is 5.29. The lowest BCUT2D eigenvalue weighted by Gasteiger charge is -2.03. The van der Waals surface area contributed by atoms with Gasteiger partial charge in [-0.1, -0.05) is 43.3 Å². The van der Waals surface area contributed by atoms with E-state index < -0.39 is 0 Å². The Morgan fingerprint density at radius 3 is 2.73 bits per heavy atom. The van der Waals surface area contributed by atoms with Gasteiger partial charge in [-0.3, -0.25) is 0 Å². The number of hydrogen-bond donors (Lipinski definition) is 0. The van der Waals surface area contributed by atoms with Crippen molar-refractivity contribution in [1.82, 2.24) is 0 Å². The Hall–Kier alpha value is -0.750. The number of hydrogen-bond acceptors (Lipinski definition) is 0. The molecule has 0 heterocycles. The fourth-order valence-corrected chi connectivity index (χ4v) is 1.39. The summed E-state index contributed by atoms with van der Waals surface area (Å²) in [6.45, 7) is 5.83. The third-order valence-corrected chi connectivity index (χ3v) is 2.06. The van der Waals surface area contributed by atoms with E-state index in [4.69, 9.17) is 11.6 Å². The Balaban J connectivity index is 3.24. The van der Waals surface area contributed by atoms with E-state index in [2.05, 4.69) is 19.6 Å². The van der Waals surface area contributed by atoms with Crippen molar-refractivity contribution in [3.8, 4) is 0 Å². The van der Waals surface area contributed by atoms with Crippen LogP contribution >= 0.6 is 11.6 Å². The van der Waals surface area contributed by atoms with Crippen LogP contribution in [0.1, 0.15) is 18.1 Å². The second-order valence-corrected chi connectivity index (χ2v) is 2.78. The Morgan fingerprint density at radius 1 is 1.55 bits per heavy atom. The molecule has 0 atom stereocenters. The summed E-state index contributed by atoms with van der Waals surface area (Å²) in [5.41, 5.74) is 2.32. The largest absolute Gasteiger partial charge is 0.0984 e. The zero-order valence-corrected chi connectivity index (χ0v) is 7.36. The molecule has 0 fully saturated rings. The minimum atomic E-state index is 0.791. The molecule has 0 spiro atoms. The van der Waals surface area contributed by atoms with Gasteiger partial charge in [-0.05, 0) is 23.6 Å². The van der Waals surface area contributed by atoms with E-state index in [-0.39, 0.29) is 0 Å². The van der Waals surface area contributed by atoms with Gasteiger partial charge < -0.3 is 0 Å². The molecule has 0 bridgehead atoms. The lowest BCUT2D eigenvalue weighted by atomic mass is 10.1. The van der Waals surface area contributed by atoms with Gasteiger partial charge in [0.05, 0.1) is 0 Å². The number of halogens is 1. The molecule has 1 rings (SSSR count). The van der Waals surface area contributed by atoms with Gasteiger partial charge in [-0.15, -0.1) is 0 Å². The van der Waals surface area contributed by atoms with Gasteiger partial charge in [-0.25, -0.2) is 0 Å². The third kappa shape index (κ3) is 1.63. The molecule has 0 aliphatic carbocycles. The highest BCUT2D eigenvalue weighted by Crippen LogP contribution is 2.21. The van der Waals surface area contributed by atoms with Crippen molar-refractivity contribution in [2.75, 3.05) is 0 Å². The molecule has 0 saturated carbocycles. The second-order valence-electron chi connectivity index (χ2n) is 2.37.